The number of imidazole rings is 1. The number of amides is 2. The Morgan fingerprint density at radius 2 is 1.87 bits per heavy atom. The second-order valence-electron chi connectivity index (χ2n) is 8.17. The SMILES string of the molecule is COCCN1CCN(c2cc(N3CC(c4nc5ccccc5n4C)C3)nc(C)n2)C1=O. The third kappa shape index (κ3) is 3.48. The average Bonchev–Trinajstić information content (AvgIpc) is 3.25. The Balaban J connectivity index is 1.32. The van der Waals surface area contributed by atoms with Crippen molar-refractivity contribution in [3.8, 4) is 0 Å². The molecule has 0 saturated carbocycles. The predicted molar refractivity (Wildman–Crippen MR) is 119 cm³/mol. The average molecular weight is 422 g/mol. The van der Waals surface area contributed by atoms with Gasteiger partial charge in [0, 0.05) is 52.9 Å². The minimum absolute atomic E-state index is 0.0257. The molecule has 31 heavy (non-hydrogen) atoms. The summed E-state index contributed by atoms with van der Waals surface area (Å²) in [6.07, 6.45) is 0. The van der Waals surface area contributed by atoms with Crippen LogP contribution >= 0.6 is 0 Å². The molecule has 162 valence electrons. The van der Waals surface area contributed by atoms with Crippen LogP contribution in [0.5, 0.6) is 0 Å². The Morgan fingerprint density at radius 3 is 2.65 bits per heavy atom. The van der Waals surface area contributed by atoms with Gasteiger partial charge in [0.25, 0.3) is 0 Å². The highest BCUT2D eigenvalue weighted by Crippen LogP contribution is 2.33. The number of fused-ring (bicyclic) bond motifs is 1. The maximum atomic E-state index is 12.8. The second kappa shape index (κ2) is 7.81. The van der Waals surface area contributed by atoms with E-state index in [1.165, 1.54) is 0 Å². The smallest absolute Gasteiger partial charge is 0.325 e. The molecule has 2 saturated heterocycles. The molecular weight excluding hydrogens is 394 g/mol. The Hall–Kier alpha value is -3.20. The molecule has 2 fully saturated rings. The van der Waals surface area contributed by atoms with Crippen molar-refractivity contribution < 1.29 is 9.53 Å². The fraction of sp³-hybridized carbons (Fsp3) is 0.455. The zero-order chi connectivity index (χ0) is 21.5. The van der Waals surface area contributed by atoms with Crippen LogP contribution in [-0.4, -0.2) is 76.9 Å². The molecule has 0 bridgehead atoms. The Morgan fingerprint density at radius 1 is 1.10 bits per heavy atom. The van der Waals surface area contributed by atoms with Crippen LogP contribution in [0.3, 0.4) is 0 Å². The highest BCUT2D eigenvalue weighted by molar-refractivity contribution is 5.93. The molecule has 0 radical (unpaired) electrons. The van der Waals surface area contributed by atoms with E-state index in [-0.39, 0.29) is 6.03 Å². The number of ether oxygens (including phenoxy) is 1. The van der Waals surface area contributed by atoms with Crippen molar-refractivity contribution >= 4 is 28.7 Å². The number of aromatic nitrogens is 4. The van der Waals surface area contributed by atoms with E-state index < -0.39 is 0 Å². The molecule has 0 atom stereocenters. The van der Waals surface area contributed by atoms with Crippen molar-refractivity contribution in [1.82, 2.24) is 24.4 Å². The number of rotatable bonds is 6. The predicted octanol–water partition coefficient (Wildman–Crippen LogP) is 2.16. The van der Waals surface area contributed by atoms with Gasteiger partial charge < -0.3 is 19.1 Å². The molecule has 4 heterocycles. The standard InChI is InChI=1S/C22H27N7O2/c1-15-23-19(12-20(24-15)29-9-8-27(22(29)30)10-11-31-3)28-13-16(14-28)21-25-17-6-4-5-7-18(17)26(21)2/h4-7,12,16H,8-11,13-14H2,1-3H3. The molecule has 9 heteroatoms. The fourth-order valence-electron chi connectivity index (χ4n) is 4.40. The molecule has 9 nitrogen and oxygen atoms in total. The molecule has 0 unspecified atom stereocenters. The largest absolute Gasteiger partial charge is 0.383 e. The van der Waals surface area contributed by atoms with E-state index >= 15 is 0 Å². The Labute approximate surface area is 181 Å². The van der Waals surface area contributed by atoms with E-state index in [4.69, 9.17) is 9.72 Å². The summed E-state index contributed by atoms with van der Waals surface area (Å²) in [5, 5.41) is 0. The van der Waals surface area contributed by atoms with E-state index in [2.05, 4.69) is 38.6 Å². The van der Waals surface area contributed by atoms with E-state index in [1.54, 1.807) is 16.9 Å². The maximum absolute atomic E-state index is 12.8. The third-order valence-electron chi connectivity index (χ3n) is 6.14. The van der Waals surface area contributed by atoms with Crippen LogP contribution in [-0.2, 0) is 11.8 Å². The lowest BCUT2D eigenvalue weighted by molar-refractivity contribution is 0.162. The van der Waals surface area contributed by atoms with Crippen molar-refractivity contribution in [2.75, 3.05) is 56.2 Å². The summed E-state index contributed by atoms with van der Waals surface area (Å²) in [5.41, 5.74) is 2.19. The summed E-state index contributed by atoms with van der Waals surface area (Å²) in [5.74, 6) is 3.65. The first-order valence-electron chi connectivity index (χ1n) is 10.6. The number of benzene rings is 1. The van der Waals surface area contributed by atoms with Gasteiger partial charge in [0.1, 0.15) is 23.3 Å². The van der Waals surface area contributed by atoms with Crippen molar-refractivity contribution in [3.05, 3.63) is 42.0 Å². The van der Waals surface area contributed by atoms with Gasteiger partial charge in [-0.15, -0.1) is 0 Å². The quantitative estimate of drug-likeness (QED) is 0.607. The Bertz CT molecular complexity index is 1120. The summed E-state index contributed by atoms with van der Waals surface area (Å²) in [6.45, 7) is 6.00. The van der Waals surface area contributed by atoms with Gasteiger partial charge in [-0.05, 0) is 19.1 Å². The molecule has 2 aliphatic heterocycles. The summed E-state index contributed by atoms with van der Waals surface area (Å²) >= 11 is 0. The summed E-state index contributed by atoms with van der Waals surface area (Å²) in [6, 6.07) is 10.1. The van der Waals surface area contributed by atoms with Crippen molar-refractivity contribution in [2.24, 2.45) is 7.05 Å². The number of nitrogens with zero attached hydrogens (tertiary/aromatic N) is 7. The first kappa shape index (κ1) is 19.7. The molecule has 2 aliphatic rings. The first-order valence-corrected chi connectivity index (χ1v) is 10.6. The van der Waals surface area contributed by atoms with Crippen LogP contribution in [0.2, 0.25) is 0 Å². The molecular formula is C22H27N7O2. The van der Waals surface area contributed by atoms with E-state index in [1.807, 2.05) is 25.1 Å². The van der Waals surface area contributed by atoms with Gasteiger partial charge in [-0.2, -0.15) is 0 Å². The highest BCUT2D eigenvalue weighted by atomic mass is 16.5. The molecule has 3 aromatic rings. The first-order chi connectivity index (χ1) is 15.0. The number of carbonyl (C=O) groups is 1. The van der Waals surface area contributed by atoms with Gasteiger partial charge in [0.05, 0.1) is 23.6 Å². The molecule has 1 aromatic carbocycles. The molecule has 2 amide bonds. The van der Waals surface area contributed by atoms with Gasteiger partial charge in [0.15, 0.2) is 0 Å². The summed E-state index contributed by atoms with van der Waals surface area (Å²) < 4.78 is 7.29. The van der Waals surface area contributed by atoms with Crippen molar-refractivity contribution in [1.29, 1.82) is 0 Å². The Kier molecular flexibility index (Phi) is 4.97. The van der Waals surface area contributed by atoms with E-state index in [0.29, 0.717) is 43.8 Å². The minimum atomic E-state index is -0.0257. The lowest BCUT2D eigenvalue weighted by Gasteiger charge is -2.40. The lowest BCUT2D eigenvalue weighted by atomic mass is 9.99. The minimum Gasteiger partial charge on any atom is -0.383 e. The third-order valence-corrected chi connectivity index (χ3v) is 6.14. The van der Waals surface area contributed by atoms with Gasteiger partial charge in [-0.25, -0.2) is 19.7 Å². The number of para-hydroxylation sites is 2. The number of aryl methyl sites for hydroxylation is 2. The number of hydrogen-bond donors (Lipinski definition) is 0. The van der Waals surface area contributed by atoms with Crippen molar-refractivity contribution in [3.63, 3.8) is 0 Å². The zero-order valence-electron chi connectivity index (χ0n) is 18.2. The van der Waals surface area contributed by atoms with Crippen molar-refractivity contribution in [2.45, 2.75) is 12.8 Å². The molecule has 0 aliphatic carbocycles. The second-order valence-corrected chi connectivity index (χ2v) is 8.17. The normalized spacial score (nSPS) is 17.1. The van der Waals surface area contributed by atoms with Crippen LogP contribution in [0, 0.1) is 6.92 Å². The van der Waals surface area contributed by atoms with Crippen LogP contribution in [0.1, 0.15) is 17.6 Å². The van der Waals surface area contributed by atoms with Crippen LogP contribution < -0.4 is 9.80 Å². The molecule has 0 spiro atoms. The fourth-order valence-corrected chi connectivity index (χ4v) is 4.40. The van der Waals surface area contributed by atoms with Crippen LogP contribution in [0.4, 0.5) is 16.4 Å². The molecule has 2 aromatic heterocycles. The summed E-state index contributed by atoms with van der Waals surface area (Å²) in [4.78, 5) is 32.5. The lowest BCUT2D eigenvalue weighted by Crippen LogP contribution is -2.46. The van der Waals surface area contributed by atoms with E-state index in [0.717, 1.165) is 35.8 Å². The van der Waals surface area contributed by atoms with E-state index in [9.17, 15) is 4.79 Å². The highest BCUT2D eigenvalue weighted by Gasteiger charge is 2.35. The van der Waals surface area contributed by atoms with Gasteiger partial charge in [-0.3, -0.25) is 4.90 Å². The van der Waals surface area contributed by atoms with Crippen LogP contribution in [0.15, 0.2) is 30.3 Å². The monoisotopic (exact) mass is 421 g/mol. The van der Waals surface area contributed by atoms with Gasteiger partial charge >= 0.3 is 6.03 Å². The van der Waals surface area contributed by atoms with Crippen LogP contribution in [0.25, 0.3) is 11.0 Å². The van der Waals surface area contributed by atoms with Gasteiger partial charge in [-0.1, -0.05) is 12.1 Å². The number of carbonyl (C=O) groups excluding carboxylic acids is 1. The zero-order valence-corrected chi connectivity index (χ0v) is 18.2. The molecule has 5 rings (SSSR count). The number of hydrogen-bond acceptors (Lipinski definition) is 6. The number of methoxy groups -OCH3 is 1. The topological polar surface area (TPSA) is 79.6 Å². The number of urea groups is 1. The molecule has 0 N–H and O–H groups in total. The summed E-state index contributed by atoms with van der Waals surface area (Å²) in [7, 11) is 3.72. The van der Waals surface area contributed by atoms with Gasteiger partial charge in [0.2, 0.25) is 0 Å². The number of anilines is 2. The maximum Gasteiger partial charge on any atom is 0.325 e.